The third-order valence-corrected chi connectivity index (χ3v) is 4.04. The smallest absolute Gasteiger partial charge is 0.355 e. The molecule has 2 aliphatic heterocycles. The Bertz CT molecular complexity index is 802. The third kappa shape index (κ3) is 3.08. The van der Waals surface area contributed by atoms with E-state index in [0.29, 0.717) is 17.1 Å². The number of nitrogens with zero attached hydrogens (tertiary/aromatic N) is 1. The fourth-order valence-corrected chi connectivity index (χ4v) is 2.71. The molecule has 0 saturated heterocycles. The van der Waals surface area contributed by atoms with Gasteiger partial charge >= 0.3 is 11.9 Å². The van der Waals surface area contributed by atoms with Crippen molar-refractivity contribution in [1.29, 1.82) is 0 Å². The van der Waals surface area contributed by atoms with Gasteiger partial charge in [-0.15, -0.1) is 0 Å². The van der Waals surface area contributed by atoms with E-state index in [4.69, 9.17) is 18.9 Å². The van der Waals surface area contributed by atoms with Crippen LogP contribution in [0.5, 0.6) is 5.75 Å². The van der Waals surface area contributed by atoms with Gasteiger partial charge in [0.15, 0.2) is 6.10 Å². The van der Waals surface area contributed by atoms with E-state index in [1.54, 1.807) is 25.1 Å². The Morgan fingerprint density at radius 1 is 1.23 bits per heavy atom. The summed E-state index contributed by atoms with van der Waals surface area (Å²) >= 11 is 0. The summed E-state index contributed by atoms with van der Waals surface area (Å²) in [6, 6.07) is 4.99. The summed E-state index contributed by atoms with van der Waals surface area (Å²) in [6.07, 6.45) is -0.594. The predicted molar refractivity (Wildman–Crippen MR) is 89.5 cm³/mol. The number of methoxy groups -OCH3 is 2. The average molecular weight is 362 g/mol. The molecule has 2 heterocycles. The largest absolute Gasteiger partial charge is 0.479 e. The van der Waals surface area contributed by atoms with Gasteiger partial charge in [0.1, 0.15) is 18.2 Å². The van der Waals surface area contributed by atoms with Crippen LogP contribution in [0, 0.1) is 0 Å². The van der Waals surface area contributed by atoms with E-state index >= 15 is 0 Å². The van der Waals surface area contributed by atoms with Crippen LogP contribution < -0.4 is 15.0 Å². The lowest BCUT2D eigenvalue weighted by Gasteiger charge is -2.32. The van der Waals surface area contributed by atoms with Crippen LogP contribution in [0.1, 0.15) is 6.92 Å². The highest BCUT2D eigenvalue weighted by Crippen LogP contribution is 2.35. The van der Waals surface area contributed by atoms with E-state index < -0.39 is 18.0 Å². The van der Waals surface area contributed by atoms with E-state index in [1.807, 2.05) is 0 Å². The summed E-state index contributed by atoms with van der Waals surface area (Å²) in [5.74, 6) is -1.14. The Labute approximate surface area is 149 Å². The molecule has 9 heteroatoms. The minimum absolute atomic E-state index is 0.0227. The lowest BCUT2D eigenvalue weighted by Crippen LogP contribution is -2.39. The summed E-state index contributed by atoms with van der Waals surface area (Å²) in [4.78, 5) is 37.6. The normalized spacial score (nSPS) is 19.3. The van der Waals surface area contributed by atoms with Gasteiger partial charge in [-0.1, -0.05) is 0 Å². The van der Waals surface area contributed by atoms with E-state index in [-0.39, 0.29) is 30.5 Å². The molecule has 1 aromatic carbocycles. The number of esters is 2. The number of rotatable bonds is 3. The van der Waals surface area contributed by atoms with Crippen LogP contribution in [-0.2, 0) is 28.6 Å². The maximum Gasteiger partial charge on any atom is 0.355 e. The molecule has 2 aliphatic rings. The molecule has 26 heavy (non-hydrogen) atoms. The van der Waals surface area contributed by atoms with Gasteiger partial charge in [0.25, 0.3) is 5.91 Å². The zero-order valence-electron chi connectivity index (χ0n) is 14.5. The van der Waals surface area contributed by atoms with E-state index in [1.165, 1.54) is 19.1 Å². The number of ether oxygens (including phenoxy) is 4. The molecule has 1 aromatic rings. The number of nitrogens with one attached hydrogen (secondary N) is 1. The van der Waals surface area contributed by atoms with E-state index in [2.05, 4.69) is 5.32 Å². The molecule has 0 saturated carbocycles. The summed E-state index contributed by atoms with van der Waals surface area (Å²) in [7, 11) is 2.44. The number of hydrogen-bond donors (Lipinski definition) is 1. The van der Waals surface area contributed by atoms with E-state index in [0.717, 1.165) is 0 Å². The minimum atomic E-state index is -0.694. The molecule has 1 N–H and O–H groups in total. The fourth-order valence-electron chi connectivity index (χ4n) is 2.71. The molecule has 0 spiro atoms. The van der Waals surface area contributed by atoms with Gasteiger partial charge in [-0.05, 0) is 25.1 Å². The molecule has 0 aliphatic carbocycles. The van der Waals surface area contributed by atoms with Crippen molar-refractivity contribution in [3.8, 4) is 5.75 Å². The first kappa shape index (κ1) is 17.7. The number of anilines is 2. The van der Waals surface area contributed by atoms with Crippen molar-refractivity contribution in [2.45, 2.75) is 13.0 Å². The second-order valence-electron chi connectivity index (χ2n) is 5.65. The molecule has 0 aromatic heterocycles. The molecule has 1 amide bonds. The Morgan fingerprint density at radius 2 is 1.96 bits per heavy atom. The summed E-state index contributed by atoms with van der Waals surface area (Å²) in [5.41, 5.74) is 1.06. The van der Waals surface area contributed by atoms with Crippen molar-refractivity contribution in [2.75, 3.05) is 37.8 Å². The fraction of sp³-hybridized carbons (Fsp3) is 0.353. The van der Waals surface area contributed by atoms with Crippen LogP contribution in [0.15, 0.2) is 29.5 Å². The second-order valence-corrected chi connectivity index (χ2v) is 5.65. The Morgan fingerprint density at radius 3 is 2.65 bits per heavy atom. The Hall–Kier alpha value is -3.07. The molecule has 1 atom stereocenters. The molecule has 0 radical (unpaired) electrons. The van der Waals surface area contributed by atoms with Crippen molar-refractivity contribution in [3.63, 3.8) is 0 Å². The highest BCUT2D eigenvalue weighted by Gasteiger charge is 2.33. The highest BCUT2D eigenvalue weighted by molar-refractivity contribution is 6.04. The Kier molecular flexibility index (Phi) is 4.81. The first-order chi connectivity index (χ1) is 12.5. The number of carbonyl (C=O) groups is 3. The minimum Gasteiger partial charge on any atom is -0.479 e. The van der Waals surface area contributed by atoms with Crippen molar-refractivity contribution in [1.82, 2.24) is 0 Å². The van der Waals surface area contributed by atoms with Crippen LogP contribution in [0.3, 0.4) is 0 Å². The highest BCUT2D eigenvalue weighted by atomic mass is 16.5. The van der Waals surface area contributed by atoms with Gasteiger partial charge in [0.05, 0.1) is 32.1 Å². The molecule has 0 fully saturated rings. The van der Waals surface area contributed by atoms with E-state index in [9.17, 15) is 14.4 Å². The van der Waals surface area contributed by atoms with Crippen LogP contribution in [0.2, 0.25) is 0 Å². The van der Waals surface area contributed by atoms with Crippen LogP contribution in [0.25, 0.3) is 0 Å². The van der Waals surface area contributed by atoms with Crippen LogP contribution in [-0.4, -0.2) is 51.5 Å². The number of hydrogen-bond acceptors (Lipinski definition) is 8. The Balaban J connectivity index is 2.04. The van der Waals surface area contributed by atoms with Crippen LogP contribution in [0.4, 0.5) is 11.4 Å². The second kappa shape index (κ2) is 7.04. The number of carbonyl (C=O) groups excluding carboxylic acids is 3. The number of benzene rings is 1. The molecule has 1 unspecified atom stereocenters. The van der Waals surface area contributed by atoms with Gasteiger partial charge in [0.2, 0.25) is 0 Å². The first-order valence-corrected chi connectivity index (χ1v) is 7.83. The van der Waals surface area contributed by atoms with Crippen LogP contribution >= 0.6 is 0 Å². The maximum atomic E-state index is 12.3. The maximum absolute atomic E-state index is 12.3. The first-order valence-electron chi connectivity index (χ1n) is 7.83. The summed E-state index contributed by atoms with van der Waals surface area (Å²) in [5, 5.41) is 2.74. The molecular weight excluding hydrogens is 344 g/mol. The van der Waals surface area contributed by atoms with Gasteiger partial charge < -0.3 is 29.2 Å². The molecule has 138 valence electrons. The zero-order valence-corrected chi connectivity index (χ0v) is 14.5. The molecular formula is C17H18N2O7. The summed E-state index contributed by atoms with van der Waals surface area (Å²) < 4.78 is 20.5. The quantitative estimate of drug-likeness (QED) is 0.788. The summed E-state index contributed by atoms with van der Waals surface area (Å²) in [6.45, 7) is 1.59. The van der Waals surface area contributed by atoms with Gasteiger partial charge in [-0.3, -0.25) is 4.79 Å². The number of amides is 1. The third-order valence-electron chi connectivity index (χ3n) is 4.04. The van der Waals surface area contributed by atoms with Crippen molar-refractivity contribution in [3.05, 3.63) is 29.5 Å². The monoisotopic (exact) mass is 362 g/mol. The van der Waals surface area contributed by atoms with Gasteiger partial charge in [-0.2, -0.15) is 0 Å². The standard InChI is InChI=1S/C17H18N2O7/c1-9-15(20)18-12-6-10(4-5-13(12)26-9)19-8-25-7-11(16(21)23-2)14(19)17(22)24-3/h4-6,9H,7-8H2,1-3H3,(H,18,20). The predicted octanol–water partition coefficient (Wildman–Crippen LogP) is 0.800. The van der Waals surface area contributed by atoms with Gasteiger partial charge in [0, 0.05) is 5.69 Å². The topological polar surface area (TPSA) is 103 Å². The zero-order chi connectivity index (χ0) is 18.8. The average Bonchev–Trinajstić information content (AvgIpc) is 2.66. The van der Waals surface area contributed by atoms with Gasteiger partial charge in [-0.25, -0.2) is 9.59 Å². The lowest BCUT2D eigenvalue weighted by atomic mass is 10.1. The van der Waals surface area contributed by atoms with Crippen molar-refractivity contribution in [2.24, 2.45) is 0 Å². The molecule has 0 bridgehead atoms. The van der Waals surface area contributed by atoms with Crippen molar-refractivity contribution < 1.29 is 33.3 Å². The lowest BCUT2D eigenvalue weighted by molar-refractivity contribution is -0.140. The molecule has 3 rings (SSSR count). The van der Waals surface area contributed by atoms with Crippen molar-refractivity contribution >= 4 is 29.2 Å². The SMILES string of the molecule is COC(=O)C1=C(C(=O)OC)N(c2ccc3c(c2)NC(=O)C(C)O3)COC1. The molecule has 9 nitrogen and oxygen atoms in total. The number of fused-ring (bicyclic) bond motifs is 1.